The van der Waals surface area contributed by atoms with Crippen molar-refractivity contribution in [3.05, 3.63) is 24.3 Å². The Morgan fingerprint density at radius 2 is 2.15 bits per heavy atom. The summed E-state index contributed by atoms with van der Waals surface area (Å²) in [5, 5.41) is 7.26. The van der Waals surface area contributed by atoms with Gasteiger partial charge in [-0.3, -0.25) is 4.68 Å². The van der Waals surface area contributed by atoms with Crippen LogP contribution in [0.25, 0.3) is 11.3 Å². The van der Waals surface area contributed by atoms with E-state index in [1.807, 2.05) is 33.3 Å². The molecule has 0 aliphatic heterocycles. The number of hydrogen-bond acceptors (Lipinski definition) is 5. The van der Waals surface area contributed by atoms with E-state index in [1.54, 1.807) is 18.0 Å². The minimum absolute atomic E-state index is 0.496. The quantitative estimate of drug-likeness (QED) is 0.906. The van der Waals surface area contributed by atoms with E-state index < -0.39 is 5.60 Å². The highest BCUT2D eigenvalue weighted by molar-refractivity contribution is 5.61. The van der Waals surface area contributed by atoms with Gasteiger partial charge in [-0.25, -0.2) is 9.97 Å². The highest BCUT2D eigenvalue weighted by atomic mass is 16.5. The lowest BCUT2D eigenvalue weighted by Crippen LogP contribution is -2.26. The summed E-state index contributed by atoms with van der Waals surface area (Å²) in [5.74, 6) is 1.44. The topological polar surface area (TPSA) is 64.9 Å². The monoisotopic (exact) mass is 275 g/mol. The van der Waals surface area contributed by atoms with Gasteiger partial charge in [-0.1, -0.05) is 6.92 Å². The molecule has 0 saturated carbocycles. The van der Waals surface area contributed by atoms with Crippen LogP contribution in [0.3, 0.4) is 0 Å². The van der Waals surface area contributed by atoms with E-state index in [0.717, 1.165) is 23.5 Å². The summed E-state index contributed by atoms with van der Waals surface area (Å²) in [7, 11) is 5.41. The number of nitrogens with zero attached hydrogens (tertiary/aromatic N) is 4. The van der Waals surface area contributed by atoms with Crippen molar-refractivity contribution in [2.24, 2.45) is 7.05 Å². The molecule has 6 nitrogen and oxygen atoms in total. The Kier molecular flexibility index (Phi) is 4.04. The zero-order chi connectivity index (χ0) is 14.8. The molecule has 1 N–H and O–H groups in total. The van der Waals surface area contributed by atoms with E-state index in [9.17, 15) is 0 Å². The lowest BCUT2D eigenvalue weighted by Gasteiger charge is -2.25. The van der Waals surface area contributed by atoms with Gasteiger partial charge in [0.1, 0.15) is 11.4 Å². The largest absolute Gasteiger partial charge is 0.373 e. The van der Waals surface area contributed by atoms with Gasteiger partial charge in [0.15, 0.2) is 5.82 Å². The zero-order valence-electron chi connectivity index (χ0n) is 12.6. The highest BCUT2D eigenvalue weighted by Crippen LogP contribution is 2.28. The fourth-order valence-electron chi connectivity index (χ4n) is 1.91. The van der Waals surface area contributed by atoms with E-state index in [4.69, 9.17) is 4.74 Å². The third kappa shape index (κ3) is 2.65. The molecule has 0 aliphatic rings. The Hall–Kier alpha value is -1.95. The molecule has 0 fully saturated rings. The molecule has 108 valence electrons. The van der Waals surface area contributed by atoms with Crippen molar-refractivity contribution in [1.82, 2.24) is 19.7 Å². The highest BCUT2D eigenvalue weighted by Gasteiger charge is 2.28. The molecular formula is C14H21N5O. The molecule has 1 unspecified atom stereocenters. The van der Waals surface area contributed by atoms with Crippen LogP contribution in [0.5, 0.6) is 0 Å². The van der Waals surface area contributed by atoms with Crippen molar-refractivity contribution >= 4 is 5.82 Å². The van der Waals surface area contributed by atoms with Gasteiger partial charge in [0.05, 0.1) is 11.9 Å². The average molecular weight is 275 g/mol. The molecule has 0 aliphatic carbocycles. The second-order valence-electron chi connectivity index (χ2n) is 4.90. The normalized spacial score (nSPS) is 14.1. The van der Waals surface area contributed by atoms with Crippen molar-refractivity contribution < 1.29 is 4.74 Å². The van der Waals surface area contributed by atoms with Crippen LogP contribution in [-0.2, 0) is 17.4 Å². The van der Waals surface area contributed by atoms with Gasteiger partial charge in [-0.2, -0.15) is 5.10 Å². The Bertz CT molecular complexity index is 589. The first-order valence-electron chi connectivity index (χ1n) is 6.64. The molecule has 1 atom stereocenters. The van der Waals surface area contributed by atoms with Crippen molar-refractivity contribution in [3.63, 3.8) is 0 Å². The smallest absolute Gasteiger partial charge is 0.162 e. The molecule has 0 spiro atoms. The molecule has 2 aromatic rings. The third-order valence-corrected chi connectivity index (χ3v) is 3.58. The lowest BCUT2D eigenvalue weighted by atomic mass is 10.0. The molecule has 0 radical (unpaired) electrons. The summed E-state index contributed by atoms with van der Waals surface area (Å²) in [5.41, 5.74) is 1.30. The first kappa shape index (κ1) is 14.5. The van der Waals surface area contributed by atoms with E-state index in [0.29, 0.717) is 5.82 Å². The third-order valence-electron chi connectivity index (χ3n) is 3.58. The van der Waals surface area contributed by atoms with Gasteiger partial charge in [0.25, 0.3) is 0 Å². The van der Waals surface area contributed by atoms with Gasteiger partial charge in [0.2, 0.25) is 0 Å². The van der Waals surface area contributed by atoms with Crippen LogP contribution in [0, 0.1) is 0 Å². The van der Waals surface area contributed by atoms with Gasteiger partial charge in [-0.05, 0) is 13.3 Å². The summed E-state index contributed by atoms with van der Waals surface area (Å²) in [6.07, 6.45) is 4.52. The Morgan fingerprint density at radius 3 is 2.65 bits per heavy atom. The Balaban J connectivity index is 2.54. The fourth-order valence-corrected chi connectivity index (χ4v) is 1.91. The fraction of sp³-hybridized carbons (Fsp3) is 0.500. The van der Waals surface area contributed by atoms with Crippen molar-refractivity contribution in [1.29, 1.82) is 0 Å². The number of hydrogen-bond donors (Lipinski definition) is 1. The number of anilines is 1. The molecule has 6 heteroatoms. The van der Waals surface area contributed by atoms with Crippen LogP contribution in [0.4, 0.5) is 5.82 Å². The predicted molar refractivity (Wildman–Crippen MR) is 78.4 cm³/mol. The molecule has 2 rings (SSSR count). The summed E-state index contributed by atoms with van der Waals surface area (Å²) in [6.45, 7) is 4.05. The second-order valence-corrected chi connectivity index (χ2v) is 4.90. The maximum absolute atomic E-state index is 5.59. The van der Waals surface area contributed by atoms with E-state index in [1.165, 1.54) is 0 Å². The van der Waals surface area contributed by atoms with Gasteiger partial charge >= 0.3 is 0 Å². The van der Waals surface area contributed by atoms with Gasteiger partial charge in [0, 0.05) is 39.0 Å². The Morgan fingerprint density at radius 1 is 1.40 bits per heavy atom. The second kappa shape index (κ2) is 5.58. The van der Waals surface area contributed by atoms with Crippen LogP contribution in [0.1, 0.15) is 26.1 Å². The van der Waals surface area contributed by atoms with Crippen LogP contribution in [0.2, 0.25) is 0 Å². The number of aromatic nitrogens is 4. The SMILES string of the molecule is CCC(C)(OC)c1nc(NC)cc(-c2cnn(C)c2)n1. The van der Waals surface area contributed by atoms with E-state index >= 15 is 0 Å². The number of nitrogens with one attached hydrogen (secondary N) is 1. The van der Waals surface area contributed by atoms with E-state index in [2.05, 4.69) is 27.3 Å². The number of ether oxygens (including phenoxy) is 1. The average Bonchev–Trinajstić information content (AvgIpc) is 2.92. The summed E-state index contributed by atoms with van der Waals surface area (Å²) >= 11 is 0. The first-order chi connectivity index (χ1) is 9.52. The zero-order valence-corrected chi connectivity index (χ0v) is 12.6. The standard InChI is InChI=1S/C14H21N5O/c1-6-14(2,20-5)13-17-11(7-12(15-3)18-13)10-8-16-19(4)9-10/h7-9H,6H2,1-5H3,(H,15,17,18). The van der Waals surface area contributed by atoms with Crippen molar-refractivity contribution in [2.75, 3.05) is 19.5 Å². The summed E-state index contributed by atoms with van der Waals surface area (Å²) in [4.78, 5) is 9.17. The van der Waals surface area contributed by atoms with Gasteiger partial charge in [-0.15, -0.1) is 0 Å². The van der Waals surface area contributed by atoms with Crippen molar-refractivity contribution in [3.8, 4) is 11.3 Å². The molecule has 0 aromatic carbocycles. The summed E-state index contributed by atoms with van der Waals surface area (Å²) < 4.78 is 7.35. The lowest BCUT2D eigenvalue weighted by molar-refractivity contribution is -0.00877. The van der Waals surface area contributed by atoms with Crippen LogP contribution in [-0.4, -0.2) is 33.9 Å². The molecular weight excluding hydrogens is 254 g/mol. The molecule has 0 amide bonds. The minimum Gasteiger partial charge on any atom is -0.373 e. The van der Waals surface area contributed by atoms with E-state index in [-0.39, 0.29) is 0 Å². The maximum Gasteiger partial charge on any atom is 0.162 e. The molecule has 20 heavy (non-hydrogen) atoms. The molecule has 0 bridgehead atoms. The van der Waals surface area contributed by atoms with Crippen LogP contribution in [0.15, 0.2) is 18.5 Å². The summed E-state index contributed by atoms with van der Waals surface area (Å²) in [6, 6.07) is 1.91. The molecule has 0 saturated heterocycles. The van der Waals surface area contributed by atoms with Gasteiger partial charge < -0.3 is 10.1 Å². The number of rotatable bonds is 5. The van der Waals surface area contributed by atoms with Crippen molar-refractivity contribution in [2.45, 2.75) is 25.9 Å². The number of methoxy groups -OCH3 is 1. The molecule has 2 aromatic heterocycles. The Labute approximate surface area is 119 Å². The van der Waals surface area contributed by atoms with Crippen LogP contribution < -0.4 is 5.32 Å². The van der Waals surface area contributed by atoms with Crippen LogP contribution >= 0.6 is 0 Å². The number of aryl methyl sites for hydroxylation is 1. The predicted octanol–water partition coefficient (Wildman–Crippen LogP) is 2.19. The maximum atomic E-state index is 5.59. The first-order valence-corrected chi connectivity index (χ1v) is 6.64. The molecule has 2 heterocycles. The minimum atomic E-state index is -0.496.